The van der Waals surface area contributed by atoms with E-state index in [4.69, 9.17) is 0 Å². The number of urea groups is 1. The highest BCUT2D eigenvalue weighted by molar-refractivity contribution is 6.06. The van der Waals surface area contributed by atoms with Crippen molar-refractivity contribution in [3.8, 4) is 0 Å². The SMILES string of the molecule is CCCc1cc2nn(C)cc2cc1NC1=NC(O)N(C2C=NC=C(C)C2)C(=O)N1Cc1cc(F)c(F)c(F)c1. The number of halogens is 3. The smallest absolute Gasteiger partial charge is 0.331 e. The van der Waals surface area contributed by atoms with Gasteiger partial charge < -0.3 is 10.4 Å². The molecule has 1 aromatic heterocycles. The van der Waals surface area contributed by atoms with Gasteiger partial charge in [0, 0.05) is 36.7 Å². The predicted octanol–water partition coefficient (Wildman–Crippen LogP) is 4.67. The number of carbonyl (C=O) groups excluding carboxylic acids is 1. The molecule has 0 spiro atoms. The van der Waals surface area contributed by atoms with Gasteiger partial charge in [0.15, 0.2) is 17.5 Å². The van der Waals surface area contributed by atoms with Crippen molar-refractivity contribution < 1.29 is 23.1 Å². The van der Waals surface area contributed by atoms with Crippen molar-refractivity contribution in [3.63, 3.8) is 0 Å². The van der Waals surface area contributed by atoms with Gasteiger partial charge in [-0.3, -0.25) is 19.5 Å². The third-order valence-corrected chi connectivity index (χ3v) is 6.63. The number of fused-ring (bicyclic) bond motifs is 1. The zero-order chi connectivity index (χ0) is 27.8. The first-order valence-electron chi connectivity index (χ1n) is 12.6. The number of aliphatic hydroxyl groups excluding tert-OH is 1. The molecule has 0 fully saturated rings. The summed E-state index contributed by atoms with van der Waals surface area (Å²) >= 11 is 0. The van der Waals surface area contributed by atoms with Crippen molar-refractivity contribution in [3.05, 3.63) is 70.8 Å². The van der Waals surface area contributed by atoms with E-state index in [0.29, 0.717) is 18.5 Å². The maximum atomic E-state index is 14.0. The monoisotopic (exact) mass is 539 g/mol. The van der Waals surface area contributed by atoms with Crippen LogP contribution < -0.4 is 5.32 Å². The minimum atomic E-state index is -1.59. The van der Waals surface area contributed by atoms with Crippen LogP contribution in [0.25, 0.3) is 10.9 Å². The highest BCUT2D eigenvalue weighted by Gasteiger charge is 2.39. The van der Waals surface area contributed by atoms with Crippen molar-refractivity contribution in [2.24, 2.45) is 17.0 Å². The number of aryl methyl sites for hydroxylation is 2. The quantitative estimate of drug-likeness (QED) is 0.445. The summed E-state index contributed by atoms with van der Waals surface area (Å²) in [6.45, 7) is 3.55. The van der Waals surface area contributed by atoms with E-state index in [0.717, 1.165) is 45.5 Å². The first-order chi connectivity index (χ1) is 18.6. The van der Waals surface area contributed by atoms with Gasteiger partial charge in [-0.2, -0.15) is 10.1 Å². The van der Waals surface area contributed by atoms with Gasteiger partial charge in [-0.25, -0.2) is 18.0 Å². The third-order valence-electron chi connectivity index (χ3n) is 6.63. The number of nitrogens with zero attached hydrogens (tertiary/aromatic N) is 6. The zero-order valence-corrected chi connectivity index (χ0v) is 21.7. The fourth-order valence-corrected chi connectivity index (χ4v) is 4.83. The number of amides is 2. The van der Waals surface area contributed by atoms with E-state index in [2.05, 4.69) is 20.4 Å². The molecule has 12 heteroatoms. The molecule has 3 aromatic rings. The van der Waals surface area contributed by atoms with Crippen molar-refractivity contribution in [1.29, 1.82) is 0 Å². The summed E-state index contributed by atoms with van der Waals surface area (Å²) in [5, 5.41) is 19.4. The van der Waals surface area contributed by atoms with Gasteiger partial charge in [-0.15, -0.1) is 0 Å². The number of carbonyl (C=O) groups is 1. The molecule has 2 aromatic carbocycles. The van der Waals surface area contributed by atoms with Gasteiger partial charge in [-0.1, -0.05) is 18.9 Å². The number of aliphatic hydroxyl groups is 1. The van der Waals surface area contributed by atoms with Crippen molar-refractivity contribution >= 4 is 34.8 Å². The Hall–Kier alpha value is -4.19. The van der Waals surface area contributed by atoms with Gasteiger partial charge in [0.1, 0.15) is 0 Å². The van der Waals surface area contributed by atoms with E-state index in [-0.39, 0.29) is 18.1 Å². The molecular formula is C27H28F3N7O2. The lowest BCUT2D eigenvalue weighted by Gasteiger charge is -2.41. The zero-order valence-electron chi connectivity index (χ0n) is 21.7. The first kappa shape index (κ1) is 26.4. The average Bonchev–Trinajstić information content (AvgIpc) is 3.24. The first-order valence-corrected chi connectivity index (χ1v) is 12.6. The molecule has 0 saturated heterocycles. The summed E-state index contributed by atoms with van der Waals surface area (Å²) in [5.41, 5.74) is 3.27. The molecule has 39 heavy (non-hydrogen) atoms. The summed E-state index contributed by atoms with van der Waals surface area (Å²) in [6, 6.07) is 4.23. The number of aromatic nitrogens is 2. The molecule has 204 valence electrons. The number of hydrogen-bond donors (Lipinski definition) is 2. The lowest BCUT2D eigenvalue weighted by atomic mass is 10.1. The summed E-state index contributed by atoms with van der Waals surface area (Å²) < 4.78 is 43.4. The molecule has 3 heterocycles. The minimum Gasteiger partial charge on any atom is -0.355 e. The van der Waals surface area contributed by atoms with Crippen molar-refractivity contribution in [2.75, 3.05) is 5.32 Å². The normalized spacial score (nSPS) is 19.5. The fraction of sp³-hybridized carbons (Fsp3) is 0.333. The Morgan fingerprint density at radius 1 is 1.15 bits per heavy atom. The summed E-state index contributed by atoms with van der Waals surface area (Å²) in [4.78, 5) is 24.7. The molecule has 2 aliphatic heterocycles. The van der Waals surface area contributed by atoms with Crippen LogP contribution in [0.4, 0.5) is 23.7 Å². The maximum absolute atomic E-state index is 14.0. The van der Waals surface area contributed by atoms with Gasteiger partial charge in [0.25, 0.3) is 0 Å². The van der Waals surface area contributed by atoms with Crippen LogP contribution in [0.2, 0.25) is 0 Å². The number of nitrogens with one attached hydrogen (secondary N) is 1. The summed E-state index contributed by atoms with van der Waals surface area (Å²) in [5.74, 6) is -4.35. The molecule has 9 nitrogen and oxygen atoms in total. The van der Waals surface area contributed by atoms with Crippen molar-refractivity contribution in [1.82, 2.24) is 19.6 Å². The molecule has 0 radical (unpaired) electrons. The highest BCUT2D eigenvalue weighted by atomic mass is 19.2. The molecule has 2 aliphatic rings. The summed E-state index contributed by atoms with van der Waals surface area (Å²) in [6.07, 6.45) is 5.46. The summed E-state index contributed by atoms with van der Waals surface area (Å²) in [7, 11) is 1.82. The largest absolute Gasteiger partial charge is 0.355 e. The topological polar surface area (TPSA) is 98.3 Å². The molecular weight excluding hydrogens is 511 g/mol. The standard InChI is InChI=1S/C27H28F3N7O2/c1-4-5-17-9-23-18(14-35(3)34-23)10-22(17)32-25-33-26(38)37(19-6-15(2)11-31-12-19)27(39)36(25)13-16-7-20(28)24(30)21(29)8-16/h7-12,14,19,26,38H,4-6,13H2,1-3H3,(H,32,33). The number of aliphatic imine (C=N–C) groups is 2. The van der Waals surface area contributed by atoms with Gasteiger partial charge in [0.2, 0.25) is 12.3 Å². The Morgan fingerprint density at radius 2 is 1.90 bits per heavy atom. The Kier molecular flexibility index (Phi) is 7.13. The third kappa shape index (κ3) is 5.24. The lowest BCUT2D eigenvalue weighted by molar-refractivity contribution is 0.0102. The number of hydrogen-bond acceptors (Lipinski definition) is 6. The van der Waals surface area contributed by atoms with Crippen LogP contribution in [0.1, 0.15) is 37.8 Å². The van der Waals surface area contributed by atoms with Gasteiger partial charge >= 0.3 is 6.03 Å². The van der Waals surface area contributed by atoms with Crippen LogP contribution in [0.15, 0.2) is 52.2 Å². The van der Waals surface area contributed by atoms with Gasteiger partial charge in [-0.05, 0) is 55.2 Å². The molecule has 5 rings (SSSR count). The van der Waals surface area contributed by atoms with E-state index in [1.54, 1.807) is 10.9 Å². The predicted molar refractivity (Wildman–Crippen MR) is 142 cm³/mol. The van der Waals surface area contributed by atoms with Crippen LogP contribution in [0.5, 0.6) is 0 Å². The Balaban J connectivity index is 1.56. The highest BCUT2D eigenvalue weighted by Crippen LogP contribution is 2.28. The second kappa shape index (κ2) is 10.5. The van der Waals surface area contributed by atoms with E-state index < -0.39 is 35.9 Å². The molecule has 2 amide bonds. The molecule has 2 atom stereocenters. The maximum Gasteiger partial charge on any atom is 0.331 e. The van der Waals surface area contributed by atoms with Crippen LogP contribution in [0, 0.1) is 17.5 Å². The number of rotatable bonds is 6. The minimum absolute atomic E-state index is 0.00969. The fourth-order valence-electron chi connectivity index (χ4n) is 4.83. The Morgan fingerprint density at radius 3 is 2.59 bits per heavy atom. The van der Waals surface area contributed by atoms with Crippen LogP contribution in [-0.2, 0) is 20.0 Å². The van der Waals surface area contributed by atoms with Gasteiger partial charge in [0.05, 0.1) is 18.1 Å². The van der Waals surface area contributed by atoms with E-state index in [9.17, 15) is 23.1 Å². The Labute approximate surface area is 222 Å². The van der Waals surface area contributed by atoms with E-state index in [1.807, 2.05) is 39.2 Å². The Bertz CT molecular complexity index is 1510. The number of guanidine groups is 1. The second-order valence-corrected chi connectivity index (χ2v) is 9.74. The van der Waals surface area contributed by atoms with Crippen LogP contribution in [-0.4, -0.2) is 55.3 Å². The molecule has 2 N–H and O–H groups in total. The van der Waals surface area contributed by atoms with Crippen LogP contribution in [0.3, 0.4) is 0 Å². The number of benzene rings is 2. The van der Waals surface area contributed by atoms with E-state index in [1.165, 1.54) is 11.1 Å². The lowest BCUT2D eigenvalue weighted by Crippen LogP contribution is -2.59. The number of anilines is 1. The average molecular weight is 540 g/mol. The molecule has 2 unspecified atom stereocenters. The van der Waals surface area contributed by atoms with Crippen LogP contribution >= 0.6 is 0 Å². The second-order valence-electron chi connectivity index (χ2n) is 9.74. The van der Waals surface area contributed by atoms with E-state index >= 15 is 0 Å². The molecule has 0 bridgehead atoms. The van der Waals surface area contributed by atoms with Crippen molar-refractivity contribution in [2.45, 2.75) is 52.0 Å². The molecule has 0 saturated carbocycles. The molecule has 0 aliphatic carbocycles.